The van der Waals surface area contributed by atoms with Crippen molar-refractivity contribution >= 4 is 0 Å². The second-order valence-corrected chi connectivity index (χ2v) is 3.74. The molecule has 0 bridgehead atoms. The summed E-state index contributed by atoms with van der Waals surface area (Å²) in [4.78, 5) is 0. The Kier molecular flexibility index (Phi) is 4.16. The summed E-state index contributed by atoms with van der Waals surface area (Å²) in [6, 6.07) is 9.69. The van der Waals surface area contributed by atoms with Crippen LogP contribution >= 0.6 is 0 Å². The van der Waals surface area contributed by atoms with Crippen LogP contribution in [-0.4, -0.2) is 28.1 Å². The van der Waals surface area contributed by atoms with Gasteiger partial charge in [0.2, 0.25) is 0 Å². The number of aromatic nitrogens is 2. The average molecular weight is 232 g/mol. The molecular weight excluding hydrogens is 216 g/mol. The molecule has 0 amide bonds. The van der Waals surface area contributed by atoms with Gasteiger partial charge in [-0.2, -0.15) is 5.10 Å². The van der Waals surface area contributed by atoms with Crippen molar-refractivity contribution in [1.82, 2.24) is 9.78 Å². The Morgan fingerprint density at radius 2 is 2.06 bits per heavy atom. The molecule has 2 rings (SSSR count). The standard InChI is InChI=1S/C13H16N2O2/c16-10-6-12-2-4-13(5-3-12)17-11-9-15-8-1-7-14-15/h1-5,7-8,16H,6,9-11H2. The van der Waals surface area contributed by atoms with E-state index in [0.29, 0.717) is 13.0 Å². The largest absolute Gasteiger partial charge is 0.492 e. The van der Waals surface area contributed by atoms with Gasteiger partial charge in [-0.3, -0.25) is 4.68 Å². The molecule has 1 heterocycles. The summed E-state index contributed by atoms with van der Waals surface area (Å²) in [5.41, 5.74) is 1.12. The van der Waals surface area contributed by atoms with Crippen molar-refractivity contribution in [1.29, 1.82) is 0 Å². The summed E-state index contributed by atoms with van der Waals surface area (Å²) in [7, 11) is 0. The Balaban J connectivity index is 1.79. The van der Waals surface area contributed by atoms with Crippen molar-refractivity contribution in [2.45, 2.75) is 13.0 Å². The van der Waals surface area contributed by atoms with Crippen LogP contribution in [0.3, 0.4) is 0 Å². The Hall–Kier alpha value is -1.81. The van der Waals surface area contributed by atoms with Gasteiger partial charge in [-0.15, -0.1) is 0 Å². The van der Waals surface area contributed by atoms with Crippen LogP contribution in [0.2, 0.25) is 0 Å². The number of rotatable bonds is 6. The van der Waals surface area contributed by atoms with Gasteiger partial charge in [0.1, 0.15) is 12.4 Å². The zero-order valence-corrected chi connectivity index (χ0v) is 9.62. The number of benzene rings is 1. The fourth-order valence-electron chi connectivity index (χ4n) is 1.57. The minimum Gasteiger partial charge on any atom is -0.492 e. The van der Waals surface area contributed by atoms with Crippen LogP contribution in [-0.2, 0) is 13.0 Å². The van der Waals surface area contributed by atoms with E-state index < -0.39 is 0 Å². The first-order valence-electron chi connectivity index (χ1n) is 5.68. The molecule has 0 unspecified atom stereocenters. The van der Waals surface area contributed by atoms with E-state index >= 15 is 0 Å². The molecule has 0 atom stereocenters. The summed E-state index contributed by atoms with van der Waals surface area (Å²) >= 11 is 0. The van der Waals surface area contributed by atoms with Crippen molar-refractivity contribution in [2.75, 3.05) is 13.2 Å². The normalized spacial score (nSPS) is 10.4. The van der Waals surface area contributed by atoms with Gasteiger partial charge in [-0.1, -0.05) is 12.1 Å². The molecular formula is C13H16N2O2. The lowest BCUT2D eigenvalue weighted by Gasteiger charge is -2.07. The lowest BCUT2D eigenvalue weighted by Crippen LogP contribution is -2.08. The Bertz CT molecular complexity index is 423. The first-order valence-corrected chi connectivity index (χ1v) is 5.68. The van der Waals surface area contributed by atoms with E-state index in [9.17, 15) is 0 Å². The highest BCUT2D eigenvalue weighted by atomic mass is 16.5. The monoisotopic (exact) mass is 232 g/mol. The lowest BCUT2D eigenvalue weighted by molar-refractivity contribution is 0.290. The van der Waals surface area contributed by atoms with Gasteiger partial charge in [0.25, 0.3) is 0 Å². The second-order valence-electron chi connectivity index (χ2n) is 3.74. The molecule has 90 valence electrons. The predicted molar refractivity (Wildman–Crippen MR) is 65.0 cm³/mol. The van der Waals surface area contributed by atoms with E-state index in [0.717, 1.165) is 17.9 Å². The van der Waals surface area contributed by atoms with Gasteiger partial charge in [-0.25, -0.2) is 0 Å². The fourth-order valence-corrected chi connectivity index (χ4v) is 1.57. The number of ether oxygens (including phenoxy) is 1. The fraction of sp³-hybridized carbons (Fsp3) is 0.308. The first-order chi connectivity index (χ1) is 8.38. The highest BCUT2D eigenvalue weighted by Gasteiger charge is 1.96. The van der Waals surface area contributed by atoms with Gasteiger partial charge >= 0.3 is 0 Å². The lowest BCUT2D eigenvalue weighted by atomic mass is 10.1. The molecule has 4 heteroatoms. The molecule has 0 spiro atoms. The van der Waals surface area contributed by atoms with Crippen LogP contribution in [0.15, 0.2) is 42.7 Å². The van der Waals surface area contributed by atoms with Gasteiger partial charge < -0.3 is 9.84 Å². The third-order valence-electron chi connectivity index (χ3n) is 2.47. The second kappa shape index (κ2) is 6.06. The van der Waals surface area contributed by atoms with Crippen molar-refractivity contribution in [3.63, 3.8) is 0 Å². The van der Waals surface area contributed by atoms with Gasteiger partial charge in [0.05, 0.1) is 6.54 Å². The van der Waals surface area contributed by atoms with Gasteiger partial charge in [0.15, 0.2) is 0 Å². The molecule has 1 N–H and O–H groups in total. The Labute approximate surface area is 100 Å². The predicted octanol–water partition coefficient (Wildman–Crippen LogP) is 1.50. The highest BCUT2D eigenvalue weighted by molar-refractivity contribution is 5.27. The van der Waals surface area contributed by atoms with Crippen LogP contribution < -0.4 is 4.74 Å². The molecule has 1 aromatic heterocycles. The van der Waals surface area contributed by atoms with E-state index in [-0.39, 0.29) is 6.61 Å². The van der Waals surface area contributed by atoms with Crippen molar-refractivity contribution in [2.24, 2.45) is 0 Å². The SMILES string of the molecule is OCCc1ccc(OCCn2cccn2)cc1. The average Bonchev–Trinajstić information content (AvgIpc) is 2.85. The topological polar surface area (TPSA) is 47.3 Å². The first kappa shape index (κ1) is 11.7. The molecule has 0 aliphatic carbocycles. The summed E-state index contributed by atoms with van der Waals surface area (Å²) in [6.07, 6.45) is 4.35. The van der Waals surface area contributed by atoms with Crippen LogP contribution in [0.25, 0.3) is 0 Å². The molecule has 0 radical (unpaired) electrons. The number of hydrogen-bond donors (Lipinski definition) is 1. The molecule has 17 heavy (non-hydrogen) atoms. The summed E-state index contributed by atoms with van der Waals surface area (Å²) < 4.78 is 7.42. The van der Waals surface area contributed by atoms with Crippen LogP contribution in [0, 0.1) is 0 Å². The Morgan fingerprint density at radius 3 is 2.71 bits per heavy atom. The zero-order chi connectivity index (χ0) is 11.9. The molecule has 1 aromatic carbocycles. The number of hydrogen-bond acceptors (Lipinski definition) is 3. The molecule has 0 saturated carbocycles. The summed E-state index contributed by atoms with van der Waals surface area (Å²) in [5.74, 6) is 0.846. The highest BCUT2D eigenvalue weighted by Crippen LogP contribution is 2.12. The summed E-state index contributed by atoms with van der Waals surface area (Å²) in [5, 5.41) is 12.9. The van der Waals surface area contributed by atoms with E-state index in [1.165, 1.54) is 0 Å². The third-order valence-corrected chi connectivity index (χ3v) is 2.47. The molecule has 2 aromatic rings. The molecule has 4 nitrogen and oxygen atoms in total. The quantitative estimate of drug-likeness (QED) is 0.821. The minimum atomic E-state index is 0.180. The molecule has 0 aliphatic rings. The molecule has 0 saturated heterocycles. The van der Waals surface area contributed by atoms with Crippen LogP contribution in [0.1, 0.15) is 5.56 Å². The number of nitrogens with zero attached hydrogens (tertiary/aromatic N) is 2. The van der Waals surface area contributed by atoms with E-state index in [4.69, 9.17) is 9.84 Å². The summed E-state index contributed by atoms with van der Waals surface area (Å²) in [6.45, 7) is 1.52. The van der Waals surface area contributed by atoms with Gasteiger partial charge in [0, 0.05) is 19.0 Å². The maximum Gasteiger partial charge on any atom is 0.119 e. The van der Waals surface area contributed by atoms with E-state index in [1.807, 2.05) is 41.2 Å². The molecule has 0 fully saturated rings. The number of aliphatic hydroxyl groups is 1. The van der Waals surface area contributed by atoms with E-state index in [1.54, 1.807) is 6.20 Å². The third kappa shape index (κ3) is 3.60. The smallest absolute Gasteiger partial charge is 0.119 e. The number of aliphatic hydroxyl groups excluding tert-OH is 1. The van der Waals surface area contributed by atoms with Crippen LogP contribution in [0.5, 0.6) is 5.75 Å². The van der Waals surface area contributed by atoms with Crippen molar-refractivity contribution < 1.29 is 9.84 Å². The maximum absolute atomic E-state index is 8.80. The van der Waals surface area contributed by atoms with Crippen LogP contribution in [0.4, 0.5) is 0 Å². The molecule has 0 aliphatic heterocycles. The van der Waals surface area contributed by atoms with Crippen molar-refractivity contribution in [3.05, 3.63) is 48.3 Å². The van der Waals surface area contributed by atoms with Crippen molar-refractivity contribution in [3.8, 4) is 5.75 Å². The minimum absolute atomic E-state index is 0.180. The maximum atomic E-state index is 8.80. The van der Waals surface area contributed by atoms with Gasteiger partial charge in [-0.05, 0) is 30.2 Å². The Morgan fingerprint density at radius 1 is 1.24 bits per heavy atom. The van der Waals surface area contributed by atoms with E-state index in [2.05, 4.69) is 5.10 Å². The zero-order valence-electron chi connectivity index (χ0n) is 9.62.